The van der Waals surface area contributed by atoms with Gasteiger partial charge >= 0.3 is 0 Å². The number of allylic oxidation sites excluding steroid dienone is 1. The lowest BCUT2D eigenvalue weighted by Gasteiger charge is -2.35. The second kappa shape index (κ2) is 17.6. The van der Waals surface area contributed by atoms with E-state index < -0.39 is 5.97 Å². The molecule has 0 amide bonds. The Hall–Kier alpha value is -0.790. The van der Waals surface area contributed by atoms with Crippen molar-refractivity contribution in [1.82, 2.24) is 0 Å². The third kappa shape index (κ3) is 10.6. The number of carboxylic acid groups (broad SMARTS) is 1. The third-order valence-corrected chi connectivity index (χ3v) is 9.63. The molecule has 3 aliphatic carbocycles. The van der Waals surface area contributed by atoms with Crippen LogP contribution in [-0.4, -0.2) is 5.97 Å². The zero-order chi connectivity index (χ0) is 24.6. The van der Waals surface area contributed by atoms with Crippen LogP contribution in [0.4, 0.5) is 0 Å². The number of aliphatic carboxylic acids is 1. The maximum atomic E-state index is 13.1. The zero-order valence-electron chi connectivity index (χ0n) is 23.1. The van der Waals surface area contributed by atoms with Gasteiger partial charge in [-0.15, -0.1) is 0 Å². The fourth-order valence-corrected chi connectivity index (χ4v) is 7.63. The molecule has 202 valence electrons. The average molecular weight is 486 g/mol. The third-order valence-electron chi connectivity index (χ3n) is 9.63. The first-order chi connectivity index (χ1) is 17.3. The van der Waals surface area contributed by atoms with Crippen LogP contribution in [0.3, 0.4) is 0 Å². The Morgan fingerprint density at radius 2 is 0.600 bits per heavy atom. The summed E-state index contributed by atoms with van der Waals surface area (Å²) in [7, 11) is 0. The molecule has 3 saturated carbocycles. The van der Waals surface area contributed by atoms with Crippen LogP contribution in [0, 0.1) is 17.8 Å². The quantitative estimate of drug-likeness (QED) is 0.372. The standard InChI is InChI=1S/C33H58O2/c34-33(35)32(30-26-20-14-8-3-9-15-21-27-30)31(28-22-16-10-4-1-5-11-17-23-28)29-24-18-12-6-2-7-13-19-25-29/h28-30H,1-27H2,(H,34,35)/p-1. The topological polar surface area (TPSA) is 40.1 Å². The number of hydrogen-bond acceptors (Lipinski definition) is 2. The van der Waals surface area contributed by atoms with Crippen molar-refractivity contribution in [3.8, 4) is 0 Å². The number of carbonyl (C=O) groups is 1. The van der Waals surface area contributed by atoms with Gasteiger partial charge in [0.15, 0.2) is 0 Å². The molecule has 0 aromatic rings. The highest BCUT2D eigenvalue weighted by Crippen LogP contribution is 2.42. The highest BCUT2D eigenvalue weighted by molar-refractivity contribution is 5.86. The summed E-state index contributed by atoms with van der Waals surface area (Å²) < 4.78 is 0. The minimum atomic E-state index is -0.795. The van der Waals surface area contributed by atoms with E-state index in [0.29, 0.717) is 11.8 Å². The molecular formula is C33H57O2-. The molecule has 0 N–H and O–H groups in total. The van der Waals surface area contributed by atoms with Gasteiger partial charge in [-0.25, -0.2) is 0 Å². The predicted octanol–water partition coefficient (Wildman–Crippen LogP) is 9.46. The Labute approximate surface area is 218 Å². The Balaban J connectivity index is 1.96. The first-order valence-corrected chi connectivity index (χ1v) is 16.2. The van der Waals surface area contributed by atoms with E-state index in [1.807, 2.05) is 0 Å². The highest BCUT2D eigenvalue weighted by Gasteiger charge is 2.30. The van der Waals surface area contributed by atoms with Crippen LogP contribution in [0.25, 0.3) is 0 Å². The molecule has 3 rings (SSSR count). The lowest BCUT2D eigenvalue weighted by atomic mass is 9.71. The molecule has 0 radical (unpaired) electrons. The molecule has 0 aromatic heterocycles. The average Bonchev–Trinajstić information content (AvgIpc) is 2.87. The number of carbonyl (C=O) groups excluding carboxylic acids is 1. The molecule has 0 unspecified atom stereocenters. The minimum absolute atomic E-state index is 0.235. The van der Waals surface area contributed by atoms with Gasteiger partial charge in [0.2, 0.25) is 0 Å². The van der Waals surface area contributed by atoms with Crippen LogP contribution in [0.5, 0.6) is 0 Å². The van der Waals surface area contributed by atoms with Gasteiger partial charge in [0.05, 0.1) is 5.97 Å². The van der Waals surface area contributed by atoms with E-state index in [1.165, 1.54) is 166 Å². The van der Waals surface area contributed by atoms with Gasteiger partial charge in [0.25, 0.3) is 0 Å². The molecule has 0 aromatic carbocycles. The Kier molecular flexibility index (Phi) is 14.5. The highest BCUT2D eigenvalue weighted by atomic mass is 16.4. The summed E-state index contributed by atoms with van der Waals surface area (Å²) in [4.78, 5) is 13.1. The molecule has 0 bridgehead atoms. The van der Waals surface area contributed by atoms with Crippen molar-refractivity contribution in [3.63, 3.8) is 0 Å². The minimum Gasteiger partial charge on any atom is -0.545 e. The number of hydrogen-bond donors (Lipinski definition) is 0. The summed E-state index contributed by atoms with van der Waals surface area (Å²) in [6.45, 7) is 0. The van der Waals surface area contributed by atoms with Crippen LogP contribution >= 0.6 is 0 Å². The summed E-state index contributed by atoms with van der Waals surface area (Å²) in [5.41, 5.74) is 2.25. The van der Waals surface area contributed by atoms with Crippen LogP contribution in [-0.2, 0) is 4.79 Å². The van der Waals surface area contributed by atoms with Gasteiger partial charge in [0.1, 0.15) is 0 Å². The fourth-order valence-electron chi connectivity index (χ4n) is 7.63. The Morgan fingerprint density at radius 3 is 0.857 bits per heavy atom. The molecule has 2 nitrogen and oxygen atoms in total. The van der Waals surface area contributed by atoms with E-state index in [9.17, 15) is 9.90 Å². The van der Waals surface area contributed by atoms with Gasteiger partial charge in [-0.2, -0.15) is 0 Å². The van der Waals surface area contributed by atoms with Gasteiger partial charge in [-0.1, -0.05) is 140 Å². The molecule has 3 aliphatic rings. The molecule has 3 fully saturated rings. The van der Waals surface area contributed by atoms with Crippen molar-refractivity contribution in [2.24, 2.45) is 17.8 Å². The second-order valence-corrected chi connectivity index (χ2v) is 12.4. The molecule has 35 heavy (non-hydrogen) atoms. The van der Waals surface area contributed by atoms with Crippen LogP contribution < -0.4 is 5.11 Å². The van der Waals surface area contributed by atoms with Gasteiger partial charge < -0.3 is 9.90 Å². The first kappa shape index (κ1) is 28.8. The smallest absolute Gasteiger partial charge is 0.0677 e. The van der Waals surface area contributed by atoms with Crippen molar-refractivity contribution in [2.75, 3.05) is 0 Å². The second-order valence-electron chi connectivity index (χ2n) is 12.4. The molecule has 0 heterocycles. The Morgan fingerprint density at radius 1 is 0.371 bits per heavy atom. The lowest BCUT2D eigenvalue weighted by molar-refractivity contribution is -0.300. The monoisotopic (exact) mass is 485 g/mol. The zero-order valence-corrected chi connectivity index (χ0v) is 23.1. The van der Waals surface area contributed by atoms with E-state index in [1.54, 1.807) is 0 Å². The van der Waals surface area contributed by atoms with Crippen molar-refractivity contribution < 1.29 is 9.90 Å². The molecule has 0 aliphatic heterocycles. The summed E-state index contributed by atoms with van der Waals surface area (Å²) in [6, 6.07) is 0. The summed E-state index contributed by atoms with van der Waals surface area (Å²) >= 11 is 0. The lowest BCUT2D eigenvalue weighted by Crippen LogP contribution is -2.33. The molecule has 2 heteroatoms. The summed E-state index contributed by atoms with van der Waals surface area (Å²) in [6.07, 6.45) is 34.7. The molecular weight excluding hydrogens is 428 g/mol. The van der Waals surface area contributed by atoms with Crippen LogP contribution in [0.2, 0.25) is 0 Å². The van der Waals surface area contributed by atoms with E-state index in [-0.39, 0.29) is 5.92 Å². The number of carboxylic acids is 1. The maximum Gasteiger partial charge on any atom is 0.0677 e. The van der Waals surface area contributed by atoms with E-state index in [2.05, 4.69) is 0 Å². The molecule has 0 saturated heterocycles. The molecule has 0 spiro atoms. The van der Waals surface area contributed by atoms with Crippen molar-refractivity contribution in [2.45, 2.75) is 173 Å². The van der Waals surface area contributed by atoms with E-state index in [4.69, 9.17) is 0 Å². The first-order valence-electron chi connectivity index (χ1n) is 16.2. The summed E-state index contributed by atoms with van der Waals surface area (Å²) in [5.74, 6) is 0.420. The normalized spacial score (nSPS) is 24.8. The van der Waals surface area contributed by atoms with Crippen molar-refractivity contribution >= 4 is 5.97 Å². The van der Waals surface area contributed by atoms with Gasteiger partial charge in [-0.05, 0) is 61.9 Å². The van der Waals surface area contributed by atoms with E-state index in [0.717, 1.165) is 18.4 Å². The van der Waals surface area contributed by atoms with Crippen LogP contribution in [0.1, 0.15) is 173 Å². The van der Waals surface area contributed by atoms with Crippen molar-refractivity contribution in [3.05, 3.63) is 11.1 Å². The van der Waals surface area contributed by atoms with Gasteiger partial charge in [-0.3, -0.25) is 0 Å². The Bertz CT molecular complexity index is 548. The van der Waals surface area contributed by atoms with Gasteiger partial charge in [0, 0.05) is 0 Å². The predicted molar refractivity (Wildman–Crippen MR) is 147 cm³/mol. The fraction of sp³-hybridized carbons (Fsp3) is 0.909. The number of rotatable bonds is 4. The maximum absolute atomic E-state index is 13.1. The molecule has 0 atom stereocenters. The SMILES string of the molecule is O=C([O-])C(=C(C1CCCCCCCCC1)C1CCCCCCCCC1)C1CCCCCCCCC1. The van der Waals surface area contributed by atoms with Crippen LogP contribution in [0.15, 0.2) is 11.1 Å². The summed E-state index contributed by atoms with van der Waals surface area (Å²) in [5, 5.41) is 13.1. The van der Waals surface area contributed by atoms with Crippen molar-refractivity contribution in [1.29, 1.82) is 0 Å². The largest absolute Gasteiger partial charge is 0.545 e. The van der Waals surface area contributed by atoms with E-state index >= 15 is 0 Å².